The third kappa shape index (κ3) is 7.19. The van der Waals surface area contributed by atoms with E-state index in [2.05, 4.69) is 97.8 Å². The van der Waals surface area contributed by atoms with Crippen LogP contribution in [0.15, 0.2) is 116 Å². The molecule has 266 valence electrons. The second-order valence-corrected chi connectivity index (χ2v) is 18.2. The fourth-order valence-corrected chi connectivity index (χ4v) is 11.6. The average Bonchev–Trinajstić information content (AvgIpc) is 3.69. The van der Waals surface area contributed by atoms with Gasteiger partial charge in [0.05, 0.1) is 12.9 Å². The summed E-state index contributed by atoms with van der Waals surface area (Å²) in [6.07, 6.45) is 4.09. The largest absolute Gasteiger partial charge is 0.445 e. The molecular weight excluding hydrogens is 679 g/mol. The average molecular weight is 724 g/mol. The number of rotatable bonds is 13. The number of para-hydroxylation sites is 1. The van der Waals surface area contributed by atoms with Gasteiger partial charge in [0.25, 0.3) is 8.32 Å². The van der Waals surface area contributed by atoms with Crippen LogP contribution in [0.4, 0.5) is 5.82 Å². The van der Waals surface area contributed by atoms with Crippen molar-refractivity contribution in [3.05, 3.63) is 116 Å². The first-order valence-corrected chi connectivity index (χ1v) is 19.5. The van der Waals surface area contributed by atoms with Crippen molar-refractivity contribution in [2.75, 3.05) is 18.9 Å². The first kappa shape index (κ1) is 36.3. The molecule has 4 atom stereocenters. The van der Waals surface area contributed by atoms with E-state index in [-0.39, 0.29) is 22.7 Å². The summed E-state index contributed by atoms with van der Waals surface area (Å²) < 4.78 is 35.6. The fourth-order valence-electron chi connectivity index (χ4n) is 6.81. The standard InChI is InChI=1S/C39H45N5O5SSi/c1-6-8-24-45-33-32(48-37(50)47-28-18-12-9-13-19-28)36(44-27-43-31-34(40)41-26-42-35(31)44)49-39(33,7-2)25-46-51(38(3,4)5,29-20-14-10-15-21-29)30-22-16-11-17-23-30/h7,9-23,26-27,32-33,36H,2,6,8,24-25H2,1,3-5H3,(H2,40,41,42). The Balaban J connectivity index is 1.46. The summed E-state index contributed by atoms with van der Waals surface area (Å²) >= 11 is 5.70. The lowest BCUT2D eigenvalue weighted by molar-refractivity contribution is -0.107. The number of nitrogens with zero attached hydrogens (tertiary/aromatic N) is 4. The van der Waals surface area contributed by atoms with E-state index >= 15 is 0 Å². The zero-order valence-electron chi connectivity index (χ0n) is 29.5. The molecule has 1 fully saturated rings. The van der Waals surface area contributed by atoms with E-state index in [1.54, 1.807) is 17.0 Å². The SMILES string of the molecule is C=CC1(CO[Si](c2ccccc2)(c2ccccc2)C(C)(C)C)OC(n2cnc3c(N)ncnc32)C(OC(=S)Oc2ccccc2)C1OCCCC. The highest BCUT2D eigenvalue weighted by Gasteiger charge is 2.60. The minimum atomic E-state index is -3.02. The van der Waals surface area contributed by atoms with Gasteiger partial charge in [-0.1, -0.05) is 119 Å². The highest BCUT2D eigenvalue weighted by molar-refractivity contribution is 7.79. The number of hydrogen-bond donors (Lipinski definition) is 1. The predicted octanol–water partition coefficient (Wildman–Crippen LogP) is 6.37. The highest BCUT2D eigenvalue weighted by atomic mass is 32.1. The van der Waals surface area contributed by atoms with E-state index in [1.807, 2.05) is 42.5 Å². The summed E-state index contributed by atoms with van der Waals surface area (Å²) in [5.74, 6) is 0.790. The Morgan fingerprint density at radius 2 is 1.61 bits per heavy atom. The Kier molecular flexibility index (Phi) is 11.0. The van der Waals surface area contributed by atoms with Crippen molar-refractivity contribution in [2.24, 2.45) is 0 Å². The molecule has 1 aliphatic heterocycles. The molecule has 12 heteroatoms. The van der Waals surface area contributed by atoms with Gasteiger partial charge >= 0.3 is 5.24 Å². The van der Waals surface area contributed by atoms with Crippen molar-refractivity contribution >= 4 is 53.1 Å². The van der Waals surface area contributed by atoms with Gasteiger partial charge in [0.1, 0.15) is 29.3 Å². The lowest BCUT2D eigenvalue weighted by atomic mass is 9.95. The summed E-state index contributed by atoms with van der Waals surface area (Å²) in [5, 5.41) is 1.90. The summed E-state index contributed by atoms with van der Waals surface area (Å²) in [7, 11) is -3.02. The molecule has 0 bridgehead atoms. The first-order chi connectivity index (χ1) is 24.6. The third-order valence-electron chi connectivity index (χ3n) is 9.31. The minimum Gasteiger partial charge on any atom is -0.445 e. The highest BCUT2D eigenvalue weighted by Crippen LogP contribution is 2.45. The van der Waals surface area contributed by atoms with E-state index in [9.17, 15) is 0 Å². The van der Waals surface area contributed by atoms with E-state index < -0.39 is 32.4 Å². The van der Waals surface area contributed by atoms with Crippen LogP contribution in [0.2, 0.25) is 5.04 Å². The lowest BCUT2D eigenvalue weighted by Gasteiger charge is -2.45. The minimum absolute atomic E-state index is 0.0878. The van der Waals surface area contributed by atoms with Crippen LogP contribution in [-0.2, 0) is 18.6 Å². The molecule has 6 rings (SSSR count). The van der Waals surface area contributed by atoms with E-state index in [4.69, 9.17) is 41.3 Å². The molecule has 2 aromatic heterocycles. The van der Waals surface area contributed by atoms with Crippen molar-refractivity contribution < 1.29 is 23.4 Å². The molecule has 0 saturated carbocycles. The normalized spacial score (nSPS) is 20.7. The monoisotopic (exact) mass is 723 g/mol. The van der Waals surface area contributed by atoms with Gasteiger partial charge in [0.15, 0.2) is 23.8 Å². The Labute approximate surface area is 305 Å². The van der Waals surface area contributed by atoms with Gasteiger partial charge in [0.2, 0.25) is 0 Å². The molecule has 3 heterocycles. The van der Waals surface area contributed by atoms with Crippen molar-refractivity contribution in [3.63, 3.8) is 0 Å². The first-order valence-electron chi connectivity index (χ1n) is 17.2. The van der Waals surface area contributed by atoms with E-state index in [0.717, 1.165) is 23.2 Å². The van der Waals surface area contributed by atoms with Gasteiger partial charge in [-0.2, -0.15) is 0 Å². The molecule has 51 heavy (non-hydrogen) atoms. The summed E-state index contributed by atoms with van der Waals surface area (Å²) in [5.41, 5.74) is 5.90. The number of ether oxygens (including phenoxy) is 4. The number of nitrogen functional groups attached to an aromatic ring is 1. The summed E-state index contributed by atoms with van der Waals surface area (Å²) in [6.45, 7) is 13.7. The number of anilines is 1. The zero-order chi connectivity index (χ0) is 36.1. The second kappa shape index (κ2) is 15.4. The van der Waals surface area contributed by atoms with Gasteiger partial charge in [-0.05, 0) is 34.0 Å². The van der Waals surface area contributed by atoms with Crippen molar-refractivity contribution in [3.8, 4) is 5.75 Å². The lowest BCUT2D eigenvalue weighted by Crippen LogP contribution is -2.68. The number of thiocarbonyl (C=S) groups is 1. The van der Waals surface area contributed by atoms with Crippen LogP contribution in [0.3, 0.4) is 0 Å². The van der Waals surface area contributed by atoms with Crippen molar-refractivity contribution in [1.29, 1.82) is 0 Å². The quantitative estimate of drug-likeness (QED) is 0.0636. The van der Waals surface area contributed by atoms with E-state index in [0.29, 0.717) is 23.5 Å². The summed E-state index contributed by atoms with van der Waals surface area (Å²) in [6, 6.07) is 30.2. The smallest absolute Gasteiger partial charge is 0.358 e. The van der Waals surface area contributed by atoms with Gasteiger partial charge in [-0.3, -0.25) is 4.57 Å². The number of hydrogen-bond acceptors (Lipinski definition) is 10. The maximum Gasteiger partial charge on any atom is 0.358 e. The van der Waals surface area contributed by atoms with Crippen LogP contribution in [-0.4, -0.2) is 64.1 Å². The van der Waals surface area contributed by atoms with Gasteiger partial charge in [0, 0.05) is 18.8 Å². The molecule has 0 spiro atoms. The molecule has 2 N–H and O–H groups in total. The number of fused-ring (bicyclic) bond motifs is 1. The Bertz CT molecular complexity index is 1890. The Morgan fingerprint density at radius 3 is 2.20 bits per heavy atom. The number of benzene rings is 3. The maximum absolute atomic E-state index is 7.47. The van der Waals surface area contributed by atoms with Crippen LogP contribution in [0.5, 0.6) is 5.75 Å². The molecule has 0 aliphatic carbocycles. The number of imidazole rings is 1. The topological polar surface area (TPSA) is 116 Å². The molecule has 0 radical (unpaired) electrons. The second-order valence-electron chi connectivity index (χ2n) is 13.6. The number of aromatic nitrogens is 4. The molecule has 10 nitrogen and oxygen atoms in total. The van der Waals surface area contributed by atoms with Crippen LogP contribution in [0.25, 0.3) is 11.2 Å². The predicted molar refractivity (Wildman–Crippen MR) is 206 cm³/mol. The Hall–Kier alpha value is -4.46. The third-order valence-corrected chi connectivity index (χ3v) is 14.5. The molecule has 4 unspecified atom stereocenters. The number of unbranched alkanes of at least 4 members (excludes halogenated alkanes) is 1. The molecule has 5 aromatic rings. The fraction of sp³-hybridized carbons (Fsp3) is 0.333. The molecular formula is C39H45N5O5SSi. The van der Waals surface area contributed by atoms with Crippen molar-refractivity contribution in [1.82, 2.24) is 19.5 Å². The zero-order valence-corrected chi connectivity index (χ0v) is 31.3. The van der Waals surface area contributed by atoms with Crippen molar-refractivity contribution in [2.45, 2.75) is 69.6 Å². The molecule has 1 saturated heterocycles. The van der Waals surface area contributed by atoms with Crippen LogP contribution < -0.4 is 20.8 Å². The van der Waals surface area contributed by atoms with Crippen LogP contribution >= 0.6 is 12.2 Å². The summed E-state index contributed by atoms with van der Waals surface area (Å²) in [4.78, 5) is 13.2. The van der Waals surface area contributed by atoms with Gasteiger partial charge in [-0.25, -0.2) is 15.0 Å². The number of nitrogens with two attached hydrogens (primary N) is 1. The molecule has 1 aliphatic rings. The van der Waals surface area contributed by atoms with Gasteiger partial charge < -0.3 is 29.1 Å². The molecule has 3 aromatic carbocycles. The van der Waals surface area contributed by atoms with Crippen LogP contribution in [0, 0.1) is 0 Å². The molecule has 0 amide bonds. The van der Waals surface area contributed by atoms with Gasteiger partial charge in [-0.15, -0.1) is 6.58 Å². The maximum atomic E-state index is 7.47. The Morgan fingerprint density at radius 1 is 0.980 bits per heavy atom. The van der Waals surface area contributed by atoms with Crippen LogP contribution in [0.1, 0.15) is 46.8 Å². The van der Waals surface area contributed by atoms with E-state index in [1.165, 1.54) is 6.33 Å².